The van der Waals surface area contributed by atoms with Crippen LogP contribution >= 0.6 is 0 Å². The minimum Gasteiger partial charge on any atom is -0.504 e. The van der Waals surface area contributed by atoms with Gasteiger partial charge in [-0.05, 0) is 47.7 Å². The SMILES string of the molecule is COc1cc2c(cc1OC)-c1c(cc(O)c(OC)c1OC)CC2. The molecule has 1 N–H and O–H groups in total. The summed E-state index contributed by atoms with van der Waals surface area (Å²) in [6.07, 6.45) is 1.67. The summed E-state index contributed by atoms with van der Waals surface area (Å²) in [5.41, 5.74) is 4.13. The van der Waals surface area contributed by atoms with Gasteiger partial charge in [-0.25, -0.2) is 0 Å². The Balaban J connectivity index is 2.31. The predicted molar refractivity (Wildman–Crippen MR) is 87.2 cm³/mol. The van der Waals surface area contributed by atoms with Crippen LogP contribution in [0.4, 0.5) is 0 Å². The molecule has 1 aliphatic carbocycles. The number of ether oxygens (including phenoxy) is 4. The molecule has 0 amide bonds. The van der Waals surface area contributed by atoms with Crippen molar-refractivity contribution >= 4 is 0 Å². The van der Waals surface area contributed by atoms with E-state index in [4.69, 9.17) is 18.9 Å². The molecule has 0 radical (unpaired) electrons. The number of aromatic hydroxyl groups is 1. The maximum Gasteiger partial charge on any atom is 0.203 e. The van der Waals surface area contributed by atoms with Crippen LogP contribution in [0.25, 0.3) is 11.1 Å². The van der Waals surface area contributed by atoms with Gasteiger partial charge in [-0.3, -0.25) is 0 Å². The molecule has 0 unspecified atom stereocenters. The second kappa shape index (κ2) is 5.91. The standard InChI is InChI=1S/C18H20O5/c1-20-14-8-10-5-6-11-7-13(19)17(22-3)18(23-4)16(11)12(10)9-15(14)21-2/h7-9,19H,5-6H2,1-4H3. The van der Waals surface area contributed by atoms with Crippen LogP contribution in [-0.2, 0) is 12.8 Å². The van der Waals surface area contributed by atoms with Crippen LogP contribution in [0.1, 0.15) is 11.1 Å². The Morgan fingerprint density at radius 3 is 1.96 bits per heavy atom. The summed E-state index contributed by atoms with van der Waals surface area (Å²) in [6.45, 7) is 0. The number of methoxy groups -OCH3 is 4. The number of hydrogen-bond acceptors (Lipinski definition) is 5. The summed E-state index contributed by atoms with van der Waals surface area (Å²) in [6, 6.07) is 5.69. The van der Waals surface area contributed by atoms with Crippen LogP contribution in [0.5, 0.6) is 28.7 Å². The van der Waals surface area contributed by atoms with Gasteiger partial charge in [-0.15, -0.1) is 0 Å². The highest BCUT2D eigenvalue weighted by Gasteiger charge is 2.27. The summed E-state index contributed by atoms with van der Waals surface area (Å²) in [7, 11) is 6.33. The van der Waals surface area contributed by atoms with Gasteiger partial charge in [-0.2, -0.15) is 0 Å². The first-order valence-electron chi connectivity index (χ1n) is 7.36. The zero-order chi connectivity index (χ0) is 16.6. The Kier molecular flexibility index (Phi) is 3.94. The molecule has 122 valence electrons. The fourth-order valence-corrected chi connectivity index (χ4v) is 3.19. The smallest absolute Gasteiger partial charge is 0.203 e. The minimum absolute atomic E-state index is 0.0898. The Morgan fingerprint density at radius 2 is 1.35 bits per heavy atom. The molecule has 0 saturated carbocycles. The Hall–Kier alpha value is -2.56. The maximum absolute atomic E-state index is 10.2. The average Bonchev–Trinajstić information content (AvgIpc) is 2.58. The molecule has 0 bridgehead atoms. The molecule has 0 aromatic heterocycles. The first kappa shape index (κ1) is 15.3. The normalized spacial score (nSPS) is 12.2. The van der Waals surface area contributed by atoms with Gasteiger partial charge in [0, 0.05) is 5.56 Å². The number of aryl methyl sites for hydroxylation is 2. The lowest BCUT2D eigenvalue weighted by Gasteiger charge is -2.25. The number of fused-ring (bicyclic) bond motifs is 3. The minimum atomic E-state index is 0.0898. The van der Waals surface area contributed by atoms with Crippen molar-refractivity contribution in [3.05, 3.63) is 29.3 Å². The average molecular weight is 316 g/mol. The Morgan fingerprint density at radius 1 is 0.739 bits per heavy atom. The fraction of sp³-hybridized carbons (Fsp3) is 0.333. The van der Waals surface area contributed by atoms with E-state index < -0.39 is 0 Å². The molecular weight excluding hydrogens is 296 g/mol. The van der Waals surface area contributed by atoms with Crippen molar-refractivity contribution < 1.29 is 24.1 Å². The van der Waals surface area contributed by atoms with Crippen molar-refractivity contribution in [1.29, 1.82) is 0 Å². The molecule has 5 nitrogen and oxygen atoms in total. The molecule has 0 atom stereocenters. The van der Waals surface area contributed by atoms with Gasteiger partial charge in [0.15, 0.2) is 23.0 Å². The van der Waals surface area contributed by atoms with Gasteiger partial charge in [-0.1, -0.05) is 0 Å². The largest absolute Gasteiger partial charge is 0.504 e. The van der Waals surface area contributed by atoms with E-state index in [0.29, 0.717) is 23.0 Å². The first-order chi connectivity index (χ1) is 11.1. The number of phenolic OH excluding ortho intramolecular Hbond substituents is 1. The third-order valence-corrected chi connectivity index (χ3v) is 4.25. The number of hydrogen-bond donors (Lipinski definition) is 1. The highest BCUT2D eigenvalue weighted by atomic mass is 16.5. The summed E-state index contributed by atoms with van der Waals surface area (Å²) in [4.78, 5) is 0. The van der Waals surface area contributed by atoms with E-state index in [0.717, 1.165) is 35.1 Å². The van der Waals surface area contributed by atoms with Crippen molar-refractivity contribution in [2.75, 3.05) is 28.4 Å². The highest BCUT2D eigenvalue weighted by Crippen LogP contribution is 2.50. The quantitative estimate of drug-likeness (QED) is 0.939. The van der Waals surface area contributed by atoms with E-state index in [1.165, 1.54) is 7.11 Å². The summed E-state index contributed by atoms with van der Waals surface area (Å²) < 4.78 is 21.7. The molecule has 23 heavy (non-hydrogen) atoms. The van der Waals surface area contributed by atoms with Crippen LogP contribution < -0.4 is 18.9 Å². The van der Waals surface area contributed by atoms with Crippen LogP contribution in [0.3, 0.4) is 0 Å². The van der Waals surface area contributed by atoms with Gasteiger partial charge in [0.05, 0.1) is 28.4 Å². The summed E-state index contributed by atoms with van der Waals surface area (Å²) >= 11 is 0. The molecule has 0 aliphatic heterocycles. The predicted octanol–water partition coefficient (Wildman–Crippen LogP) is 3.19. The number of benzene rings is 2. The molecule has 1 aliphatic rings. The molecule has 0 heterocycles. The summed E-state index contributed by atoms with van der Waals surface area (Å²) in [5.74, 6) is 2.34. The lowest BCUT2D eigenvalue weighted by atomic mass is 9.84. The molecule has 5 heteroatoms. The molecule has 2 aromatic rings. The molecule has 0 fully saturated rings. The van der Waals surface area contributed by atoms with Crippen LogP contribution in [0.2, 0.25) is 0 Å². The lowest BCUT2D eigenvalue weighted by Crippen LogP contribution is -2.08. The monoisotopic (exact) mass is 316 g/mol. The third-order valence-electron chi connectivity index (χ3n) is 4.25. The van der Waals surface area contributed by atoms with Crippen molar-refractivity contribution in [3.63, 3.8) is 0 Å². The Bertz CT molecular complexity index is 752. The number of phenols is 1. The molecule has 0 spiro atoms. The van der Waals surface area contributed by atoms with Gasteiger partial charge in [0.1, 0.15) is 0 Å². The van der Waals surface area contributed by atoms with Gasteiger partial charge in [0.25, 0.3) is 0 Å². The lowest BCUT2D eigenvalue weighted by molar-refractivity contribution is 0.333. The maximum atomic E-state index is 10.2. The van der Waals surface area contributed by atoms with Crippen molar-refractivity contribution in [3.8, 4) is 39.9 Å². The third kappa shape index (κ3) is 2.32. The van der Waals surface area contributed by atoms with E-state index in [2.05, 4.69) is 0 Å². The van der Waals surface area contributed by atoms with Gasteiger partial charge < -0.3 is 24.1 Å². The van der Waals surface area contributed by atoms with Crippen molar-refractivity contribution in [1.82, 2.24) is 0 Å². The topological polar surface area (TPSA) is 57.2 Å². The van der Waals surface area contributed by atoms with E-state index >= 15 is 0 Å². The van der Waals surface area contributed by atoms with Gasteiger partial charge in [0.2, 0.25) is 5.75 Å². The van der Waals surface area contributed by atoms with Crippen molar-refractivity contribution in [2.45, 2.75) is 12.8 Å². The van der Waals surface area contributed by atoms with E-state index in [-0.39, 0.29) is 5.75 Å². The van der Waals surface area contributed by atoms with Gasteiger partial charge >= 0.3 is 0 Å². The highest BCUT2D eigenvalue weighted by molar-refractivity contribution is 5.84. The zero-order valence-corrected chi connectivity index (χ0v) is 13.7. The molecular formula is C18H20O5. The van der Waals surface area contributed by atoms with Crippen LogP contribution in [0.15, 0.2) is 18.2 Å². The molecule has 3 rings (SSSR count). The number of rotatable bonds is 4. The van der Waals surface area contributed by atoms with Crippen molar-refractivity contribution in [2.24, 2.45) is 0 Å². The fourth-order valence-electron chi connectivity index (χ4n) is 3.19. The van der Waals surface area contributed by atoms with E-state index in [1.807, 2.05) is 12.1 Å². The first-order valence-corrected chi connectivity index (χ1v) is 7.36. The molecule has 0 saturated heterocycles. The molecule has 2 aromatic carbocycles. The van der Waals surface area contributed by atoms with E-state index in [1.54, 1.807) is 27.4 Å². The van der Waals surface area contributed by atoms with Crippen LogP contribution in [0, 0.1) is 0 Å². The second-order valence-corrected chi connectivity index (χ2v) is 5.36. The second-order valence-electron chi connectivity index (χ2n) is 5.36. The Labute approximate surface area is 135 Å². The zero-order valence-electron chi connectivity index (χ0n) is 13.7. The van der Waals surface area contributed by atoms with E-state index in [9.17, 15) is 5.11 Å². The van der Waals surface area contributed by atoms with Crippen LogP contribution in [-0.4, -0.2) is 33.5 Å². The summed E-state index contributed by atoms with van der Waals surface area (Å²) in [5, 5.41) is 10.2.